The third kappa shape index (κ3) is 3.07. The number of benzene rings is 2. The van der Waals surface area contributed by atoms with Crippen molar-refractivity contribution in [1.82, 2.24) is 9.55 Å². The van der Waals surface area contributed by atoms with Crippen molar-refractivity contribution in [2.24, 2.45) is 7.05 Å². The first-order chi connectivity index (χ1) is 12.8. The van der Waals surface area contributed by atoms with E-state index >= 15 is 0 Å². The van der Waals surface area contributed by atoms with Gasteiger partial charge in [-0.15, -0.1) is 0 Å². The zero-order valence-electron chi connectivity index (χ0n) is 14.7. The molecule has 5 heteroatoms. The molecular formula is C21H20N4O. The van der Waals surface area contributed by atoms with E-state index < -0.39 is 0 Å². The molecule has 2 heterocycles. The number of allylic oxidation sites excluding steroid dienone is 1. The number of aryl methyl sites for hydroxylation is 1. The van der Waals surface area contributed by atoms with Crippen LogP contribution in [0.5, 0.6) is 0 Å². The van der Waals surface area contributed by atoms with Gasteiger partial charge in [0.25, 0.3) is 0 Å². The minimum absolute atomic E-state index is 0.558. The highest BCUT2D eigenvalue weighted by Crippen LogP contribution is 2.23. The lowest BCUT2D eigenvalue weighted by Crippen LogP contribution is -2.36. The highest BCUT2D eigenvalue weighted by Gasteiger charge is 2.13. The second kappa shape index (κ2) is 7.03. The summed E-state index contributed by atoms with van der Waals surface area (Å²) in [5, 5.41) is 9.66. The van der Waals surface area contributed by atoms with Crippen LogP contribution < -0.4 is 4.90 Å². The summed E-state index contributed by atoms with van der Waals surface area (Å²) in [4.78, 5) is 6.93. The molecular weight excluding hydrogens is 324 g/mol. The molecule has 0 radical (unpaired) electrons. The molecule has 0 unspecified atom stereocenters. The summed E-state index contributed by atoms with van der Waals surface area (Å²) >= 11 is 0. The molecule has 1 saturated heterocycles. The Morgan fingerprint density at radius 1 is 1.12 bits per heavy atom. The van der Waals surface area contributed by atoms with Crippen molar-refractivity contribution in [3.8, 4) is 6.07 Å². The Labute approximate surface area is 152 Å². The summed E-state index contributed by atoms with van der Waals surface area (Å²) in [5.74, 6) is 0.686. The third-order valence-electron chi connectivity index (χ3n) is 4.73. The fraction of sp³-hybridized carbons (Fsp3) is 0.238. The molecule has 0 atom stereocenters. The zero-order chi connectivity index (χ0) is 17.9. The number of nitrogens with zero attached hydrogens (tertiary/aromatic N) is 4. The van der Waals surface area contributed by atoms with Crippen molar-refractivity contribution < 1.29 is 4.74 Å². The van der Waals surface area contributed by atoms with E-state index in [1.54, 1.807) is 0 Å². The van der Waals surface area contributed by atoms with Gasteiger partial charge in [0.1, 0.15) is 6.07 Å². The number of rotatable bonds is 3. The van der Waals surface area contributed by atoms with E-state index in [1.165, 1.54) is 5.69 Å². The fourth-order valence-electron chi connectivity index (χ4n) is 3.30. The van der Waals surface area contributed by atoms with E-state index in [0.29, 0.717) is 11.4 Å². The maximum absolute atomic E-state index is 9.66. The highest BCUT2D eigenvalue weighted by atomic mass is 16.5. The molecule has 3 aromatic rings. The second-order valence-corrected chi connectivity index (χ2v) is 6.34. The minimum atomic E-state index is 0.558. The van der Waals surface area contributed by atoms with Crippen LogP contribution in [-0.4, -0.2) is 35.9 Å². The Morgan fingerprint density at radius 2 is 1.85 bits per heavy atom. The number of anilines is 1. The van der Waals surface area contributed by atoms with Gasteiger partial charge in [-0.2, -0.15) is 5.26 Å². The van der Waals surface area contributed by atoms with Gasteiger partial charge in [0, 0.05) is 25.8 Å². The number of imidazole rings is 1. The van der Waals surface area contributed by atoms with Gasteiger partial charge in [0.15, 0.2) is 5.82 Å². The number of fused-ring (bicyclic) bond motifs is 1. The number of ether oxygens (including phenoxy) is 1. The quantitative estimate of drug-likeness (QED) is 0.683. The van der Waals surface area contributed by atoms with E-state index in [0.717, 1.165) is 42.9 Å². The van der Waals surface area contributed by atoms with E-state index in [-0.39, 0.29) is 0 Å². The lowest BCUT2D eigenvalue weighted by atomic mass is 10.1. The zero-order valence-corrected chi connectivity index (χ0v) is 14.7. The smallest absolute Gasteiger partial charge is 0.151 e. The molecule has 0 bridgehead atoms. The number of morpholine rings is 1. The fourth-order valence-corrected chi connectivity index (χ4v) is 3.30. The lowest BCUT2D eigenvalue weighted by molar-refractivity contribution is 0.122. The largest absolute Gasteiger partial charge is 0.378 e. The van der Waals surface area contributed by atoms with Crippen LogP contribution in [0.3, 0.4) is 0 Å². The van der Waals surface area contributed by atoms with Gasteiger partial charge in [-0.1, -0.05) is 24.3 Å². The van der Waals surface area contributed by atoms with E-state index in [4.69, 9.17) is 4.74 Å². The Kier molecular flexibility index (Phi) is 4.42. The van der Waals surface area contributed by atoms with Gasteiger partial charge in [0.2, 0.25) is 0 Å². The average Bonchev–Trinajstić information content (AvgIpc) is 3.04. The van der Waals surface area contributed by atoms with Crippen LogP contribution in [0.1, 0.15) is 11.4 Å². The first kappa shape index (κ1) is 16.4. The Morgan fingerprint density at radius 3 is 2.54 bits per heavy atom. The molecule has 130 valence electrons. The molecule has 0 amide bonds. The standard InChI is InChI=1S/C21H20N4O/c1-24-20-5-3-2-4-19(20)23-21(24)17(15-22)14-16-6-8-18(9-7-16)25-10-12-26-13-11-25/h2-9,14H,10-13H2,1H3/b17-14-. The summed E-state index contributed by atoms with van der Waals surface area (Å²) in [6.45, 7) is 3.37. The summed E-state index contributed by atoms with van der Waals surface area (Å²) in [5.41, 5.74) is 4.65. The van der Waals surface area contributed by atoms with Crippen LogP contribution in [0, 0.1) is 11.3 Å². The molecule has 1 fully saturated rings. The number of hydrogen-bond acceptors (Lipinski definition) is 4. The second-order valence-electron chi connectivity index (χ2n) is 6.34. The minimum Gasteiger partial charge on any atom is -0.378 e. The predicted molar refractivity (Wildman–Crippen MR) is 104 cm³/mol. The predicted octanol–water partition coefficient (Wildman–Crippen LogP) is 3.47. The monoisotopic (exact) mass is 344 g/mol. The van der Waals surface area contributed by atoms with Gasteiger partial charge in [-0.05, 0) is 35.9 Å². The van der Waals surface area contributed by atoms with Gasteiger partial charge < -0.3 is 14.2 Å². The van der Waals surface area contributed by atoms with Crippen molar-refractivity contribution in [2.45, 2.75) is 0 Å². The van der Waals surface area contributed by atoms with Crippen LogP contribution in [-0.2, 0) is 11.8 Å². The normalized spacial score (nSPS) is 15.2. The van der Waals surface area contributed by atoms with Crippen molar-refractivity contribution in [3.63, 3.8) is 0 Å². The molecule has 5 nitrogen and oxygen atoms in total. The summed E-state index contributed by atoms with van der Waals surface area (Å²) in [7, 11) is 1.94. The Balaban J connectivity index is 1.64. The number of hydrogen-bond donors (Lipinski definition) is 0. The first-order valence-electron chi connectivity index (χ1n) is 8.72. The maximum Gasteiger partial charge on any atom is 0.151 e. The highest BCUT2D eigenvalue weighted by molar-refractivity contribution is 5.90. The third-order valence-corrected chi connectivity index (χ3v) is 4.73. The molecule has 4 rings (SSSR count). The molecule has 2 aromatic carbocycles. The van der Waals surface area contributed by atoms with Crippen LogP contribution in [0.2, 0.25) is 0 Å². The molecule has 0 N–H and O–H groups in total. The molecule has 0 spiro atoms. The van der Waals surface area contributed by atoms with Gasteiger partial charge in [-0.25, -0.2) is 4.98 Å². The van der Waals surface area contributed by atoms with E-state index in [9.17, 15) is 5.26 Å². The molecule has 0 saturated carbocycles. The number of para-hydroxylation sites is 2. The van der Waals surface area contributed by atoms with Crippen molar-refractivity contribution >= 4 is 28.4 Å². The Hall–Kier alpha value is -3.10. The lowest BCUT2D eigenvalue weighted by Gasteiger charge is -2.28. The van der Waals surface area contributed by atoms with Crippen LogP contribution >= 0.6 is 0 Å². The molecule has 0 aliphatic carbocycles. The van der Waals surface area contributed by atoms with Gasteiger partial charge >= 0.3 is 0 Å². The summed E-state index contributed by atoms with van der Waals surface area (Å²) in [6.07, 6.45) is 1.89. The first-order valence-corrected chi connectivity index (χ1v) is 8.72. The van der Waals surface area contributed by atoms with E-state index in [2.05, 4.69) is 28.1 Å². The molecule has 1 aliphatic rings. The molecule has 1 aromatic heterocycles. The van der Waals surface area contributed by atoms with Crippen LogP contribution in [0.4, 0.5) is 5.69 Å². The summed E-state index contributed by atoms with van der Waals surface area (Å²) in [6, 6.07) is 18.5. The maximum atomic E-state index is 9.66. The van der Waals surface area contributed by atoms with Gasteiger partial charge in [0.05, 0.1) is 29.8 Å². The van der Waals surface area contributed by atoms with Crippen molar-refractivity contribution in [2.75, 3.05) is 31.2 Å². The van der Waals surface area contributed by atoms with Crippen molar-refractivity contribution in [3.05, 3.63) is 59.9 Å². The Bertz CT molecular complexity index is 989. The molecule has 1 aliphatic heterocycles. The topological polar surface area (TPSA) is 54.1 Å². The summed E-state index contributed by atoms with van der Waals surface area (Å²) < 4.78 is 7.37. The van der Waals surface area contributed by atoms with Crippen molar-refractivity contribution in [1.29, 1.82) is 5.26 Å². The average molecular weight is 344 g/mol. The SMILES string of the molecule is Cn1c(/C(C#N)=C\c2ccc(N3CCOCC3)cc2)nc2ccccc21. The van der Waals surface area contributed by atoms with Gasteiger partial charge in [-0.3, -0.25) is 0 Å². The van der Waals surface area contributed by atoms with E-state index in [1.807, 2.05) is 54.1 Å². The number of nitriles is 1. The number of aromatic nitrogens is 2. The molecule has 26 heavy (non-hydrogen) atoms. The van der Waals surface area contributed by atoms with Crippen LogP contribution in [0.25, 0.3) is 22.7 Å². The van der Waals surface area contributed by atoms with Crippen LogP contribution in [0.15, 0.2) is 48.5 Å².